The van der Waals surface area contributed by atoms with Gasteiger partial charge in [0, 0.05) is 5.02 Å². The van der Waals surface area contributed by atoms with Gasteiger partial charge in [-0.3, -0.25) is 4.79 Å². The minimum Gasteiger partial charge on any atom is -0.495 e. The molecule has 4 aromatic rings. The minimum absolute atomic E-state index is 0.140. The molecule has 8 heteroatoms. The van der Waals surface area contributed by atoms with Crippen LogP contribution in [0.4, 0.5) is 5.69 Å². The van der Waals surface area contributed by atoms with Crippen molar-refractivity contribution in [2.45, 2.75) is 26.7 Å². The largest absolute Gasteiger partial charge is 0.495 e. The summed E-state index contributed by atoms with van der Waals surface area (Å²) in [5.41, 5.74) is 4.55. The van der Waals surface area contributed by atoms with E-state index < -0.39 is 0 Å². The van der Waals surface area contributed by atoms with E-state index in [1.807, 2.05) is 36.4 Å². The fraction of sp³-hybridized carbons (Fsp3) is 0.217. The van der Waals surface area contributed by atoms with Crippen LogP contribution in [0.5, 0.6) is 5.75 Å². The molecule has 0 spiro atoms. The number of anilines is 1. The molecule has 1 N–H and O–H groups in total. The second-order valence-electron chi connectivity index (χ2n) is 7.45. The number of carbonyl (C=O) groups is 1. The van der Waals surface area contributed by atoms with E-state index in [2.05, 4.69) is 29.4 Å². The molecule has 1 amide bonds. The summed E-state index contributed by atoms with van der Waals surface area (Å²) in [7, 11) is 1.55. The number of para-hydroxylation sites is 2. The van der Waals surface area contributed by atoms with Gasteiger partial charge in [0.15, 0.2) is 11.3 Å². The Morgan fingerprint density at radius 1 is 1.13 bits per heavy atom. The summed E-state index contributed by atoms with van der Waals surface area (Å²) >= 11 is 6.22. The Morgan fingerprint density at radius 2 is 1.90 bits per heavy atom. The Labute approximate surface area is 185 Å². The zero-order chi connectivity index (χ0) is 22.1. The number of halogens is 1. The minimum atomic E-state index is -0.387. The first-order chi connectivity index (χ1) is 14.9. The van der Waals surface area contributed by atoms with Crippen LogP contribution in [0.25, 0.3) is 16.8 Å². The molecule has 2 aromatic carbocycles. The number of aromatic nitrogens is 4. The molecule has 0 atom stereocenters. The van der Waals surface area contributed by atoms with Gasteiger partial charge in [-0.1, -0.05) is 49.7 Å². The monoisotopic (exact) mass is 435 g/mol. The lowest BCUT2D eigenvalue weighted by Gasteiger charge is -2.10. The molecule has 0 radical (unpaired) electrons. The molecule has 2 heterocycles. The number of rotatable bonds is 5. The fourth-order valence-corrected chi connectivity index (χ4v) is 3.68. The second kappa shape index (κ2) is 8.35. The van der Waals surface area contributed by atoms with E-state index in [1.165, 1.54) is 0 Å². The number of nitrogens with one attached hydrogen (secondary N) is 1. The van der Waals surface area contributed by atoms with Crippen LogP contribution in [0.3, 0.4) is 0 Å². The maximum atomic E-state index is 13.0. The van der Waals surface area contributed by atoms with Gasteiger partial charge in [0.05, 0.1) is 29.7 Å². The van der Waals surface area contributed by atoms with Crippen molar-refractivity contribution in [2.75, 3.05) is 12.4 Å². The number of hydrogen-bond acceptors (Lipinski definition) is 5. The van der Waals surface area contributed by atoms with Gasteiger partial charge in [-0.2, -0.15) is 5.10 Å². The molecule has 0 saturated carbocycles. The zero-order valence-corrected chi connectivity index (χ0v) is 18.4. The van der Waals surface area contributed by atoms with Gasteiger partial charge in [0.2, 0.25) is 0 Å². The van der Waals surface area contributed by atoms with E-state index in [9.17, 15) is 4.79 Å². The lowest BCUT2D eigenvalue weighted by atomic mass is 9.99. The lowest BCUT2D eigenvalue weighted by Crippen LogP contribution is -2.19. The van der Waals surface area contributed by atoms with Crippen molar-refractivity contribution in [2.24, 2.45) is 0 Å². The standard InChI is InChI=1S/C23H22ClN5O2/c1-13(2)20-19(15-8-7-9-16(24)12-15)22-27-26-21(14(3)29(22)28-20)23(30)25-17-10-5-6-11-18(17)31-4/h5-13H,1-4H3,(H,25,30). The van der Waals surface area contributed by atoms with Crippen LogP contribution in [0, 0.1) is 6.92 Å². The normalized spacial score (nSPS) is 11.2. The maximum Gasteiger partial charge on any atom is 0.278 e. The van der Waals surface area contributed by atoms with E-state index in [0.29, 0.717) is 27.8 Å². The maximum absolute atomic E-state index is 13.0. The number of ether oxygens (including phenoxy) is 1. The molecule has 0 aliphatic carbocycles. The molecule has 4 rings (SSSR count). The first-order valence-corrected chi connectivity index (χ1v) is 10.2. The number of carbonyl (C=O) groups excluding carboxylic acids is 1. The van der Waals surface area contributed by atoms with Crippen LogP contribution >= 0.6 is 11.6 Å². The van der Waals surface area contributed by atoms with Crippen molar-refractivity contribution < 1.29 is 9.53 Å². The van der Waals surface area contributed by atoms with Crippen LogP contribution in [-0.2, 0) is 0 Å². The third-order valence-corrected chi connectivity index (χ3v) is 5.26. The van der Waals surface area contributed by atoms with Crippen LogP contribution in [0.2, 0.25) is 5.02 Å². The summed E-state index contributed by atoms with van der Waals surface area (Å²) in [5.74, 6) is 0.315. The quantitative estimate of drug-likeness (QED) is 0.469. The molecule has 0 aliphatic rings. The van der Waals surface area contributed by atoms with Gasteiger partial charge >= 0.3 is 0 Å². The van der Waals surface area contributed by atoms with Crippen molar-refractivity contribution >= 4 is 28.8 Å². The highest BCUT2D eigenvalue weighted by atomic mass is 35.5. The van der Waals surface area contributed by atoms with E-state index in [0.717, 1.165) is 16.8 Å². The molecule has 31 heavy (non-hydrogen) atoms. The van der Waals surface area contributed by atoms with Crippen LogP contribution in [0.1, 0.15) is 41.6 Å². The summed E-state index contributed by atoms with van der Waals surface area (Å²) < 4.78 is 6.98. The first-order valence-electron chi connectivity index (χ1n) is 9.87. The predicted molar refractivity (Wildman–Crippen MR) is 121 cm³/mol. The van der Waals surface area contributed by atoms with Gasteiger partial charge in [-0.05, 0) is 42.7 Å². The number of benzene rings is 2. The molecule has 0 bridgehead atoms. The second-order valence-corrected chi connectivity index (χ2v) is 7.89. The zero-order valence-electron chi connectivity index (χ0n) is 17.7. The van der Waals surface area contributed by atoms with E-state index >= 15 is 0 Å². The van der Waals surface area contributed by atoms with Gasteiger partial charge in [0.25, 0.3) is 5.91 Å². The molecule has 0 fully saturated rings. The van der Waals surface area contributed by atoms with Gasteiger partial charge in [-0.25, -0.2) is 4.52 Å². The molecular weight excluding hydrogens is 414 g/mol. The Bertz CT molecular complexity index is 1280. The smallest absolute Gasteiger partial charge is 0.278 e. The highest BCUT2D eigenvalue weighted by Gasteiger charge is 2.23. The molecule has 2 aromatic heterocycles. The van der Waals surface area contributed by atoms with Crippen molar-refractivity contribution in [3.63, 3.8) is 0 Å². The SMILES string of the molecule is COc1ccccc1NC(=O)c1nnc2c(-c3cccc(Cl)c3)c(C(C)C)nn2c1C. The predicted octanol–water partition coefficient (Wildman–Crippen LogP) is 5.14. The highest BCUT2D eigenvalue weighted by molar-refractivity contribution is 6.30. The summed E-state index contributed by atoms with van der Waals surface area (Å²) in [6.45, 7) is 5.93. The number of fused-ring (bicyclic) bond motifs is 1. The fourth-order valence-electron chi connectivity index (χ4n) is 3.49. The molecular formula is C23H22ClN5O2. The topological polar surface area (TPSA) is 81.4 Å². The number of amides is 1. The first kappa shape index (κ1) is 20.8. The third kappa shape index (κ3) is 3.84. The Morgan fingerprint density at radius 3 is 2.61 bits per heavy atom. The van der Waals surface area contributed by atoms with Gasteiger partial charge in [0.1, 0.15) is 5.75 Å². The summed E-state index contributed by atoms with van der Waals surface area (Å²) in [4.78, 5) is 13.0. The lowest BCUT2D eigenvalue weighted by molar-refractivity contribution is 0.101. The van der Waals surface area contributed by atoms with Gasteiger partial charge < -0.3 is 10.1 Å². The summed E-state index contributed by atoms with van der Waals surface area (Å²) in [5, 5.41) is 16.9. The molecule has 158 valence electrons. The van der Waals surface area contributed by atoms with E-state index in [1.54, 1.807) is 30.7 Å². The Kier molecular flexibility index (Phi) is 5.61. The highest BCUT2D eigenvalue weighted by Crippen LogP contribution is 2.33. The van der Waals surface area contributed by atoms with E-state index in [4.69, 9.17) is 21.4 Å². The number of methoxy groups -OCH3 is 1. The van der Waals surface area contributed by atoms with Crippen molar-refractivity contribution in [3.05, 3.63) is 70.6 Å². The third-order valence-electron chi connectivity index (χ3n) is 5.02. The molecule has 0 aliphatic heterocycles. The van der Waals surface area contributed by atoms with Gasteiger partial charge in [-0.15, -0.1) is 10.2 Å². The Balaban J connectivity index is 1.82. The molecule has 0 saturated heterocycles. The van der Waals surface area contributed by atoms with Crippen LogP contribution in [-0.4, -0.2) is 32.8 Å². The van der Waals surface area contributed by atoms with Crippen LogP contribution in [0.15, 0.2) is 48.5 Å². The molecule has 7 nitrogen and oxygen atoms in total. The van der Waals surface area contributed by atoms with E-state index in [-0.39, 0.29) is 17.5 Å². The molecule has 0 unspecified atom stereocenters. The van der Waals surface area contributed by atoms with Crippen molar-refractivity contribution in [1.29, 1.82) is 0 Å². The summed E-state index contributed by atoms with van der Waals surface area (Å²) in [6, 6.07) is 14.7. The number of hydrogen-bond donors (Lipinski definition) is 1. The van der Waals surface area contributed by atoms with Crippen molar-refractivity contribution in [3.8, 4) is 16.9 Å². The average molecular weight is 436 g/mol. The average Bonchev–Trinajstić information content (AvgIpc) is 3.15. The van der Waals surface area contributed by atoms with Crippen molar-refractivity contribution in [1.82, 2.24) is 19.8 Å². The Hall–Kier alpha value is -3.45. The number of nitrogens with zero attached hydrogens (tertiary/aromatic N) is 4. The summed E-state index contributed by atoms with van der Waals surface area (Å²) in [6.07, 6.45) is 0. The van der Waals surface area contributed by atoms with Crippen LogP contribution < -0.4 is 10.1 Å². The number of aryl methyl sites for hydroxylation is 1.